The first-order valence-electron chi connectivity index (χ1n) is 8.55. The molecule has 2 N–H and O–H groups in total. The second-order valence-electron chi connectivity index (χ2n) is 5.98. The molecule has 3 aromatic carbocycles. The molecule has 6 heteroatoms. The van der Waals surface area contributed by atoms with Gasteiger partial charge >= 0.3 is 5.97 Å². The van der Waals surface area contributed by atoms with Gasteiger partial charge in [0.1, 0.15) is 11.5 Å². The maximum atomic E-state index is 12.1. The van der Waals surface area contributed by atoms with E-state index in [-0.39, 0.29) is 5.75 Å². The molecule has 0 atom stereocenters. The number of carbonyl (C=O) groups is 2. The number of esters is 1. The molecule has 28 heavy (non-hydrogen) atoms. The molecule has 0 radical (unpaired) electrons. The summed E-state index contributed by atoms with van der Waals surface area (Å²) in [4.78, 5) is 24.1. The number of anilines is 1. The van der Waals surface area contributed by atoms with Crippen LogP contribution >= 0.6 is 0 Å². The number of phenols is 1. The molecular weight excluding hydrogens is 358 g/mol. The lowest BCUT2D eigenvalue weighted by Gasteiger charge is -2.08. The van der Waals surface area contributed by atoms with Crippen molar-refractivity contribution in [3.05, 3.63) is 78.4 Å². The van der Waals surface area contributed by atoms with Crippen LogP contribution in [0.2, 0.25) is 0 Å². The number of rotatable bonds is 6. The third kappa shape index (κ3) is 4.88. The van der Waals surface area contributed by atoms with Crippen molar-refractivity contribution in [2.75, 3.05) is 19.0 Å². The fraction of sp³-hybridized carbons (Fsp3) is 0.0909. The third-order valence-corrected chi connectivity index (χ3v) is 4.01. The Morgan fingerprint density at radius 3 is 2.21 bits per heavy atom. The van der Waals surface area contributed by atoms with Crippen LogP contribution in [0.1, 0.15) is 10.4 Å². The second-order valence-corrected chi connectivity index (χ2v) is 5.98. The van der Waals surface area contributed by atoms with Gasteiger partial charge in [0.05, 0.1) is 12.7 Å². The minimum absolute atomic E-state index is 0.191. The lowest BCUT2D eigenvalue weighted by atomic mass is 10.0. The van der Waals surface area contributed by atoms with E-state index >= 15 is 0 Å². The SMILES string of the molecule is COc1cccc(NC(=O)COC(=O)c2ccc(-c3ccc(O)cc3)cc2)c1. The van der Waals surface area contributed by atoms with Gasteiger partial charge in [-0.25, -0.2) is 4.79 Å². The minimum Gasteiger partial charge on any atom is -0.508 e. The third-order valence-electron chi connectivity index (χ3n) is 4.01. The maximum Gasteiger partial charge on any atom is 0.338 e. The predicted molar refractivity (Wildman–Crippen MR) is 105 cm³/mol. The Kier molecular flexibility index (Phi) is 5.91. The van der Waals surface area contributed by atoms with E-state index in [1.54, 1.807) is 72.8 Å². The highest BCUT2D eigenvalue weighted by molar-refractivity contribution is 5.95. The molecule has 0 heterocycles. The summed E-state index contributed by atoms with van der Waals surface area (Å²) >= 11 is 0. The molecule has 0 fully saturated rings. The van der Waals surface area contributed by atoms with Crippen molar-refractivity contribution in [1.29, 1.82) is 0 Å². The van der Waals surface area contributed by atoms with Crippen molar-refractivity contribution in [3.63, 3.8) is 0 Å². The predicted octanol–water partition coefficient (Wildman–Crippen LogP) is 3.86. The molecule has 0 bridgehead atoms. The van der Waals surface area contributed by atoms with Crippen LogP contribution < -0.4 is 10.1 Å². The summed E-state index contributed by atoms with van der Waals surface area (Å²) in [5, 5.41) is 12.0. The molecule has 6 nitrogen and oxygen atoms in total. The maximum absolute atomic E-state index is 12.1. The van der Waals surface area contributed by atoms with Crippen molar-refractivity contribution in [3.8, 4) is 22.6 Å². The number of phenolic OH excluding ortho intramolecular Hbond substituents is 1. The normalized spacial score (nSPS) is 10.2. The Labute approximate surface area is 162 Å². The van der Waals surface area contributed by atoms with Gasteiger partial charge in [-0.2, -0.15) is 0 Å². The fourth-order valence-electron chi connectivity index (χ4n) is 2.56. The van der Waals surface area contributed by atoms with Crippen molar-refractivity contribution < 1.29 is 24.2 Å². The van der Waals surface area contributed by atoms with Crippen LogP contribution in [0, 0.1) is 0 Å². The van der Waals surface area contributed by atoms with Crippen LogP contribution in [-0.2, 0) is 9.53 Å². The van der Waals surface area contributed by atoms with Crippen LogP contribution in [-0.4, -0.2) is 30.7 Å². The largest absolute Gasteiger partial charge is 0.508 e. The van der Waals surface area contributed by atoms with E-state index in [1.165, 1.54) is 7.11 Å². The molecule has 0 saturated heterocycles. The van der Waals surface area contributed by atoms with E-state index in [4.69, 9.17) is 9.47 Å². The van der Waals surface area contributed by atoms with Crippen LogP contribution in [0.5, 0.6) is 11.5 Å². The summed E-state index contributed by atoms with van der Waals surface area (Å²) in [5.41, 5.74) is 2.71. The zero-order valence-electron chi connectivity index (χ0n) is 15.2. The number of carbonyl (C=O) groups excluding carboxylic acids is 2. The van der Waals surface area contributed by atoms with Crippen LogP contribution in [0.25, 0.3) is 11.1 Å². The fourth-order valence-corrected chi connectivity index (χ4v) is 2.56. The quantitative estimate of drug-likeness (QED) is 0.637. The molecule has 0 aliphatic heterocycles. The van der Waals surface area contributed by atoms with Gasteiger partial charge in [0.2, 0.25) is 0 Å². The van der Waals surface area contributed by atoms with Crippen LogP contribution in [0.3, 0.4) is 0 Å². The molecule has 0 spiro atoms. The number of amides is 1. The molecule has 1 amide bonds. The number of hydrogen-bond donors (Lipinski definition) is 2. The summed E-state index contributed by atoms with van der Waals surface area (Å²) in [6, 6.07) is 20.5. The van der Waals surface area contributed by atoms with Gasteiger partial charge in [-0.3, -0.25) is 4.79 Å². The molecule has 3 aromatic rings. The first kappa shape index (κ1) is 19.0. The number of nitrogens with one attached hydrogen (secondary N) is 1. The smallest absolute Gasteiger partial charge is 0.338 e. The van der Waals surface area contributed by atoms with Crippen LogP contribution in [0.4, 0.5) is 5.69 Å². The summed E-state index contributed by atoms with van der Waals surface area (Å²) in [7, 11) is 1.54. The zero-order chi connectivity index (χ0) is 19.9. The first-order valence-corrected chi connectivity index (χ1v) is 8.55. The molecule has 0 aliphatic rings. The molecule has 0 saturated carbocycles. The van der Waals surface area contributed by atoms with E-state index in [1.807, 2.05) is 0 Å². The summed E-state index contributed by atoms with van der Waals surface area (Å²) in [6.07, 6.45) is 0. The average molecular weight is 377 g/mol. The topological polar surface area (TPSA) is 84.9 Å². The summed E-state index contributed by atoms with van der Waals surface area (Å²) < 4.78 is 10.2. The number of methoxy groups -OCH3 is 1. The second kappa shape index (κ2) is 8.73. The lowest BCUT2D eigenvalue weighted by Crippen LogP contribution is -2.20. The van der Waals surface area contributed by atoms with Crippen molar-refractivity contribution in [1.82, 2.24) is 0 Å². The van der Waals surface area contributed by atoms with Crippen molar-refractivity contribution in [2.24, 2.45) is 0 Å². The molecular formula is C22H19NO5. The van der Waals surface area contributed by atoms with Gasteiger partial charge in [-0.05, 0) is 47.5 Å². The van der Waals surface area contributed by atoms with Gasteiger partial charge in [-0.1, -0.05) is 30.3 Å². The molecule has 3 rings (SSSR count). The van der Waals surface area contributed by atoms with Gasteiger partial charge in [0.25, 0.3) is 5.91 Å². The molecule has 142 valence electrons. The number of benzene rings is 3. The van der Waals surface area contributed by atoms with E-state index in [0.717, 1.165) is 11.1 Å². The molecule has 0 aliphatic carbocycles. The molecule has 0 unspecified atom stereocenters. The van der Waals surface area contributed by atoms with Crippen molar-refractivity contribution in [2.45, 2.75) is 0 Å². The first-order chi connectivity index (χ1) is 13.5. The van der Waals surface area contributed by atoms with Gasteiger partial charge < -0.3 is 19.9 Å². The van der Waals surface area contributed by atoms with E-state index < -0.39 is 18.5 Å². The van der Waals surface area contributed by atoms with Gasteiger partial charge in [0.15, 0.2) is 6.61 Å². The van der Waals surface area contributed by atoms with E-state index in [2.05, 4.69) is 5.32 Å². The summed E-state index contributed by atoms with van der Waals surface area (Å²) in [5.74, 6) is -0.222. The van der Waals surface area contributed by atoms with E-state index in [0.29, 0.717) is 17.0 Å². The van der Waals surface area contributed by atoms with Gasteiger partial charge in [-0.15, -0.1) is 0 Å². The lowest BCUT2D eigenvalue weighted by molar-refractivity contribution is -0.119. The highest BCUT2D eigenvalue weighted by Crippen LogP contribution is 2.22. The number of hydrogen-bond acceptors (Lipinski definition) is 5. The van der Waals surface area contributed by atoms with Crippen molar-refractivity contribution >= 4 is 17.6 Å². The molecule has 0 aromatic heterocycles. The zero-order valence-corrected chi connectivity index (χ0v) is 15.2. The Morgan fingerprint density at radius 1 is 0.929 bits per heavy atom. The Hall–Kier alpha value is -3.80. The van der Waals surface area contributed by atoms with E-state index in [9.17, 15) is 14.7 Å². The number of ether oxygens (including phenoxy) is 2. The standard InChI is InChI=1S/C22H19NO5/c1-27-20-4-2-3-18(13-20)23-21(25)14-28-22(26)17-7-5-15(6-8-17)16-9-11-19(24)12-10-16/h2-13,24H,14H2,1H3,(H,23,25). The minimum atomic E-state index is -0.585. The highest BCUT2D eigenvalue weighted by Gasteiger charge is 2.11. The highest BCUT2D eigenvalue weighted by atomic mass is 16.5. The average Bonchev–Trinajstić information content (AvgIpc) is 2.73. The Bertz CT molecular complexity index is 965. The summed E-state index contributed by atoms with van der Waals surface area (Å²) in [6.45, 7) is -0.393. The number of aromatic hydroxyl groups is 1. The monoisotopic (exact) mass is 377 g/mol. The van der Waals surface area contributed by atoms with Crippen LogP contribution in [0.15, 0.2) is 72.8 Å². The Morgan fingerprint density at radius 2 is 1.57 bits per heavy atom. The van der Waals surface area contributed by atoms with Gasteiger partial charge in [0, 0.05) is 11.8 Å². The Balaban J connectivity index is 1.55.